The fourth-order valence-corrected chi connectivity index (χ4v) is 8.10. The molecule has 1 aliphatic rings. The Morgan fingerprint density at radius 3 is 1.42 bits per heavy atom. The van der Waals surface area contributed by atoms with Crippen LogP contribution >= 0.6 is 0 Å². The summed E-state index contributed by atoms with van der Waals surface area (Å²) in [5, 5.41) is 0. The molecule has 0 aromatic heterocycles. The van der Waals surface area contributed by atoms with Crippen molar-refractivity contribution in [2.45, 2.75) is 19.3 Å². The number of rotatable bonds is 7. The summed E-state index contributed by atoms with van der Waals surface area (Å²) >= 11 is 0. The molecule has 0 saturated carbocycles. The number of anilines is 3. The minimum atomic E-state index is -0.120. The van der Waals surface area contributed by atoms with Gasteiger partial charge >= 0.3 is 0 Å². The third-order valence-corrected chi connectivity index (χ3v) is 10.6. The first-order valence-electron chi connectivity index (χ1n) is 18.1. The Balaban J connectivity index is 1.32. The number of hydrogen-bond donors (Lipinski definition) is 0. The molecule has 8 aromatic carbocycles. The van der Waals surface area contributed by atoms with E-state index >= 15 is 0 Å². The summed E-state index contributed by atoms with van der Waals surface area (Å²) in [5.74, 6) is 0. The van der Waals surface area contributed by atoms with Crippen LogP contribution in [-0.2, 0) is 5.41 Å². The largest absolute Gasteiger partial charge is 0.310 e. The van der Waals surface area contributed by atoms with Crippen molar-refractivity contribution in [1.82, 2.24) is 0 Å². The predicted molar refractivity (Wildman–Crippen MR) is 220 cm³/mol. The van der Waals surface area contributed by atoms with Crippen molar-refractivity contribution in [3.8, 4) is 55.6 Å². The lowest BCUT2D eigenvalue weighted by atomic mass is 9.82. The molecule has 1 heteroatoms. The van der Waals surface area contributed by atoms with Crippen LogP contribution in [0.2, 0.25) is 0 Å². The predicted octanol–water partition coefficient (Wildman–Crippen LogP) is 14.1. The standard InChI is InChI=1S/C51H39N/c1-51(2)47-29-15-14-28-46(47)50-48(51)30-17-31-49(50)52(42-25-16-24-39(33-42)45-27-13-12-26-44(45)38-22-10-5-11-23-38)43-34-40(36-18-6-3-7-19-36)32-41(35-43)37-20-8-4-9-21-37/h3-35H,1-2H3. The number of benzene rings is 8. The van der Waals surface area contributed by atoms with E-state index in [1.807, 2.05) is 0 Å². The fraction of sp³-hybridized carbons (Fsp3) is 0.0588. The summed E-state index contributed by atoms with van der Waals surface area (Å²) < 4.78 is 0. The van der Waals surface area contributed by atoms with Crippen molar-refractivity contribution in [3.63, 3.8) is 0 Å². The average molecular weight is 666 g/mol. The van der Waals surface area contributed by atoms with Crippen LogP contribution in [0.5, 0.6) is 0 Å². The van der Waals surface area contributed by atoms with Crippen LogP contribution in [0.1, 0.15) is 25.0 Å². The van der Waals surface area contributed by atoms with Gasteiger partial charge in [0.25, 0.3) is 0 Å². The topological polar surface area (TPSA) is 3.24 Å². The summed E-state index contributed by atoms with van der Waals surface area (Å²) in [6.45, 7) is 4.72. The number of hydrogen-bond acceptors (Lipinski definition) is 1. The lowest BCUT2D eigenvalue weighted by molar-refractivity contribution is 0.660. The first-order chi connectivity index (χ1) is 25.6. The molecule has 0 saturated heterocycles. The monoisotopic (exact) mass is 665 g/mol. The second-order valence-electron chi connectivity index (χ2n) is 14.2. The van der Waals surface area contributed by atoms with Gasteiger partial charge in [0.15, 0.2) is 0 Å². The third-order valence-electron chi connectivity index (χ3n) is 10.6. The highest BCUT2D eigenvalue weighted by atomic mass is 15.1. The summed E-state index contributed by atoms with van der Waals surface area (Å²) in [6.07, 6.45) is 0. The molecule has 9 rings (SSSR count). The lowest BCUT2D eigenvalue weighted by Gasteiger charge is -2.30. The molecule has 0 heterocycles. The van der Waals surface area contributed by atoms with E-state index < -0.39 is 0 Å². The first kappa shape index (κ1) is 31.5. The molecule has 1 aliphatic carbocycles. The van der Waals surface area contributed by atoms with Gasteiger partial charge in [0, 0.05) is 22.4 Å². The molecule has 0 aliphatic heterocycles. The van der Waals surface area contributed by atoms with Crippen molar-refractivity contribution >= 4 is 17.1 Å². The van der Waals surface area contributed by atoms with E-state index in [2.05, 4.69) is 219 Å². The second-order valence-corrected chi connectivity index (χ2v) is 14.2. The van der Waals surface area contributed by atoms with Gasteiger partial charge in [0.2, 0.25) is 0 Å². The van der Waals surface area contributed by atoms with Crippen LogP contribution in [0.4, 0.5) is 17.1 Å². The Morgan fingerprint density at radius 2 is 0.788 bits per heavy atom. The zero-order chi connectivity index (χ0) is 35.1. The Labute approximate surface area is 307 Å². The molecule has 0 atom stereocenters. The van der Waals surface area contributed by atoms with E-state index in [0.29, 0.717) is 0 Å². The highest BCUT2D eigenvalue weighted by molar-refractivity contribution is 5.97. The minimum Gasteiger partial charge on any atom is -0.310 e. The molecule has 1 nitrogen and oxygen atoms in total. The molecule has 0 fully saturated rings. The number of fused-ring (bicyclic) bond motifs is 3. The highest BCUT2D eigenvalue weighted by Crippen LogP contribution is 2.54. The third kappa shape index (κ3) is 5.52. The summed E-state index contributed by atoms with van der Waals surface area (Å²) in [6, 6.07) is 72.9. The molecule has 0 radical (unpaired) electrons. The molecular weight excluding hydrogens is 627 g/mol. The van der Waals surface area contributed by atoms with Gasteiger partial charge in [0.05, 0.1) is 5.69 Å². The quantitative estimate of drug-likeness (QED) is 0.164. The van der Waals surface area contributed by atoms with Crippen molar-refractivity contribution < 1.29 is 0 Å². The molecule has 0 N–H and O–H groups in total. The summed E-state index contributed by atoms with van der Waals surface area (Å²) in [7, 11) is 0. The van der Waals surface area contributed by atoms with Crippen LogP contribution in [-0.4, -0.2) is 0 Å². The van der Waals surface area contributed by atoms with E-state index in [0.717, 1.165) is 11.4 Å². The van der Waals surface area contributed by atoms with Crippen LogP contribution in [0, 0.1) is 0 Å². The smallest absolute Gasteiger partial charge is 0.0543 e. The van der Waals surface area contributed by atoms with Gasteiger partial charge in [-0.2, -0.15) is 0 Å². The molecule has 0 unspecified atom stereocenters. The summed E-state index contributed by atoms with van der Waals surface area (Å²) in [4.78, 5) is 2.49. The van der Waals surface area contributed by atoms with Crippen LogP contribution in [0.3, 0.4) is 0 Å². The molecule has 248 valence electrons. The normalized spacial score (nSPS) is 12.6. The van der Waals surface area contributed by atoms with Crippen molar-refractivity contribution in [2.24, 2.45) is 0 Å². The second kappa shape index (κ2) is 13.0. The molecule has 52 heavy (non-hydrogen) atoms. The van der Waals surface area contributed by atoms with Gasteiger partial charge in [-0.3, -0.25) is 0 Å². The summed E-state index contributed by atoms with van der Waals surface area (Å²) in [5.41, 5.74) is 18.2. The molecule has 0 spiro atoms. The first-order valence-corrected chi connectivity index (χ1v) is 18.1. The van der Waals surface area contributed by atoms with Crippen LogP contribution in [0.25, 0.3) is 55.6 Å². The SMILES string of the molecule is CC1(C)c2ccccc2-c2c(N(c3cc(-c4ccccc4)cc(-c4ccccc4)c3)c3cccc(-c4ccccc4-c4ccccc4)c3)cccc21. The Bertz CT molecular complexity index is 2470. The van der Waals surface area contributed by atoms with E-state index in [1.165, 1.54) is 72.4 Å². The Kier molecular flexibility index (Phi) is 7.90. The minimum absolute atomic E-state index is 0.120. The fourth-order valence-electron chi connectivity index (χ4n) is 8.10. The van der Waals surface area contributed by atoms with Crippen molar-refractivity contribution in [1.29, 1.82) is 0 Å². The maximum Gasteiger partial charge on any atom is 0.0543 e. The number of nitrogens with zero attached hydrogens (tertiary/aromatic N) is 1. The highest BCUT2D eigenvalue weighted by Gasteiger charge is 2.37. The maximum absolute atomic E-state index is 2.49. The van der Waals surface area contributed by atoms with Gasteiger partial charge in [0.1, 0.15) is 0 Å². The molecule has 8 aromatic rings. The Morgan fingerprint density at radius 1 is 0.327 bits per heavy atom. The van der Waals surface area contributed by atoms with E-state index in [-0.39, 0.29) is 5.41 Å². The van der Waals surface area contributed by atoms with E-state index in [1.54, 1.807) is 0 Å². The van der Waals surface area contributed by atoms with Gasteiger partial charge in [-0.15, -0.1) is 0 Å². The van der Waals surface area contributed by atoms with Crippen molar-refractivity contribution in [3.05, 3.63) is 211 Å². The molecule has 0 bridgehead atoms. The van der Waals surface area contributed by atoms with Crippen LogP contribution in [0.15, 0.2) is 200 Å². The van der Waals surface area contributed by atoms with Crippen LogP contribution < -0.4 is 4.90 Å². The van der Waals surface area contributed by atoms with Gasteiger partial charge in [-0.1, -0.05) is 178 Å². The van der Waals surface area contributed by atoms with E-state index in [4.69, 9.17) is 0 Å². The van der Waals surface area contributed by atoms with Gasteiger partial charge < -0.3 is 4.90 Å². The molecule has 0 amide bonds. The average Bonchev–Trinajstić information content (AvgIpc) is 3.45. The Hall–Kier alpha value is -6.44. The van der Waals surface area contributed by atoms with E-state index in [9.17, 15) is 0 Å². The lowest BCUT2D eigenvalue weighted by Crippen LogP contribution is -2.16. The zero-order valence-electron chi connectivity index (χ0n) is 29.5. The molecular formula is C51H39N. The van der Waals surface area contributed by atoms with Gasteiger partial charge in [-0.25, -0.2) is 0 Å². The maximum atomic E-state index is 2.49. The van der Waals surface area contributed by atoms with Gasteiger partial charge in [-0.05, 0) is 97.6 Å². The van der Waals surface area contributed by atoms with Crippen molar-refractivity contribution in [2.75, 3.05) is 4.90 Å². The zero-order valence-corrected chi connectivity index (χ0v) is 29.5.